The van der Waals surface area contributed by atoms with E-state index in [4.69, 9.17) is 0 Å². The van der Waals surface area contributed by atoms with Crippen LogP contribution in [0, 0.1) is 5.82 Å². The van der Waals surface area contributed by atoms with E-state index in [-0.39, 0.29) is 5.82 Å². The molecule has 1 aromatic heterocycles. The molecule has 0 saturated carbocycles. The largest absolute Gasteiger partial charge is 0.333 e. The maximum atomic E-state index is 13.0. The minimum absolute atomic E-state index is 0.177. The Labute approximate surface area is 100 Å². The average Bonchev–Trinajstić information content (AvgIpc) is 2.75. The Balaban J connectivity index is 1.99. The molecule has 0 radical (unpaired) electrons. The number of nitrogens with one attached hydrogen (secondary N) is 1. The summed E-state index contributed by atoms with van der Waals surface area (Å²) >= 11 is 0. The van der Waals surface area contributed by atoms with Gasteiger partial charge in [0.15, 0.2) is 0 Å². The SMILES string of the molecule is CNCc1cncn1CCc1cccc(F)c1. The lowest BCUT2D eigenvalue weighted by Gasteiger charge is -2.07. The zero-order valence-corrected chi connectivity index (χ0v) is 9.86. The van der Waals surface area contributed by atoms with E-state index in [0.29, 0.717) is 0 Å². The van der Waals surface area contributed by atoms with Crippen LogP contribution in [-0.4, -0.2) is 16.6 Å². The molecular formula is C13H16FN3. The maximum Gasteiger partial charge on any atom is 0.123 e. The summed E-state index contributed by atoms with van der Waals surface area (Å²) < 4.78 is 15.1. The third kappa shape index (κ3) is 3.14. The average molecular weight is 233 g/mol. The summed E-state index contributed by atoms with van der Waals surface area (Å²) in [6.07, 6.45) is 4.47. The minimum Gasteiger partial charge on any atom is -0.333 e. The van der Waals surface area contributed by atoms with Crippen LogP contribution in [0.5, 0.6) is 0 Å². The monoisotopic (exact) mass is 233 g/mol. The van der Waals surface area contributed by atoms with Gasteiger partial charge in [-0.15, -0.1) is 0 Å². The molecule has 1 N–H and O–H groups in total. The van der Waals surface area contributed by atoms with Crippen molar-refractivity contribution in [1.29, 1.82) is 0 Å². The third-order valence-electron chi connectivity index (χ3n) is 2.69. The topological polar surface area (TPSA) is 29.9 Å². The molecular weight excluding hydrogens is 217 g/mol. The van der Waals surface area contributed by atoms with E-state index in [9.17, 15) is 4.39 Å². The standard InChI is InChI=1S/C13H16FN3/c1-15-8-13-9-16-10-17(13)6-5-11-3-2-4-12(14)7-11/h2-4,7,9-10,15H,5-6,8H2,1H3. The lowest BCUT2D eigenvalue weighted by atomic mass is 10.1. The highest BCUT2D eigenvalue weighted by Crippen LogP contribution is 2.07. The van der Waals surface area contributed by atoms with Gasteiger partial charge in [0.2, 0.25) is 0 Å². The van der Waals surface area contributed by atoms with E-state index in [1.165, 1.54) is 6.07 Å². The van der Waals surface area contributed by atoms with Crippen molar-refractivity contribution in [2.45, 2.75) is 19.5 Å². The Morgan fingerprint density at radius 2 is 2.29 bits per heavy atom. The molecule has 2 rings (SSSR count). The number of rotatable bonds is 5. The first-order chi connectivity index (χ1) is 8.29. The van der Waals surface area contributed by atoms with Crippen molar-refractivity contribution in [1.82, 2.24) is 14.9 Å². The van der Waals surface area contributed by atoms with Crippen LogP contribution in [-0.2, 0) is 19.5 Å². The molecule has 0 amide bonds. The first-order valence-electron chi connectivity index (χ1n) is 5.67. The van der Waals surface area contributed by atoms with Crippen molar-refractivity contribution in [2.24, 2.45) is 0 Å². The second-order valence-electron chi connectivity index (χ2n) is 3.99. The highest BCUT2D eigenvalue weighted by atomic mass is 19.1. The first kappa shape index (κ1) is 11.8. The Bertz CT molecular complexity index is 479. The number of hydrogen-bond donors (Lipinski definition) is 1. The van der Waals surface area contributed by atoms with E-state index >= 15 is 0 Å². The van der Waals surface area contributed by atoms with Gasteiger partial charge in [-0.25, -0.2) is 9.37 Å². The Morgan fingerprint density at radius 3 is 3.06 bits per heavy atom. The number of nitrogens with zero attached hydrogens (tertiary/aromatic N) is 2. The second-order valence-corrected chi connectivity index (χ2v) is 3.99. The fourth-order valence-electron chi connectivity index (χ4n) is 1.82. The van der Waals surface area contributed by atoms with Crippen LogP contribution in [0.2, 0.25) is 0 Å². The van der Waals surface area contributed by atoms with Gasteiger partial charge in [0.25, 0.3) is 0 Å². The predicted molar refractivity (Wildman–Crippen MR) is 65.1 cm³/mol. The van der Waals surface area contributed by atoms with E-state index in [2.05, 4.69) is 14.9 Å². The summed E-state index contributed by atoms with van der Waals surface area (Å²) in [5.74, 6) is -0.177. The molecule has 0 aliphatic rings. The van der Waals surface area contributed by atoms with Crippen molar-refractivity contribution >= 4 is 0 Å². The normalized spacial score (nSPS) is 10.7. The summed E-state index contributed by atoms with van der Waals surface area (Å²) in [5, 5.41) is 3.10. The molecule has 3 nitrogen and oxygen atoms in total. The highest BCUT2D eigenvalue weighted by molar-refractivity contribution is 5.16. The Hall–Kier alpha value is -1.68. The van der Waals surface area contributed by atoms with Gasteiger partial charge in [-0.3, -0.25) is 0 Å². The Kier molecular flexibility index (Phi) is 3.88. The molecule has 1 aromatic carbocycles. The van der Waals surface area contributed by atoms with Crippen molar-refractivity contribution in [3.63, 3.8) is 0 Å². The zero-order chi connectivity index (χ0) is 12.1. The summed E-state index contributed by atoms with van der Waals surface area (Å²) in [4.78, 5) is 4.12. The summed E-state index contributed by atoms with van der Waals surface area (Å²) in [7, 11) is 1.91. The van der Waals surface area contributed by atoms with E-state index in [1.54, 1.807) is 12.1 Å². The maximum absolute atomic E-state index is 13.0. The molecule has 0 aliphatic heterocycles. The molecule has 0 aliphatic carbocycles. The van der Waals surface area contributed by atoms with Gasteiger partial charge < -0.3 is 9.88 Å². The number of hydrogen-bond acceptors (Lipinski definition) is 2. The van der Waals surface area contributed by atoms with E-state index < -0.39 is 0 Å². The second kappa shape index (κ2) is 5.59. The Morgan fingerprint density at radius 1 is 1.41 bits per heavy atom. The van der Waals surface area contributed by atoms with Crippen molar-refractivity contribution < 1.29 is 4.39 Å². The van der Waals surface area contributed by atoms with Crippen LogP contribution in [0.15, 0.2) is 36.8 Å². The molecule has 4 heteroatoms. The summed E-state index contributed by atoms with van der Waals surface area (Å²) in [5.41, 5.74) is 2.15. The number of aryl methyl sites for hydroxylation is 2. The number of benzene rings is 1. The molecule has 1 heterocycles. The third-order valence-corrected chi connectivity index (χ3v) is 2.69. The van der Waals surface area contributed by atoms with Crippen LogP contribution >= 0.6 is 0 Å². The molecule has 0 atom stereocenters. The van der Waals surface area contributed by atoms with Crippen LogP contribution in [0.1, 0.15) is 11.3 Å². The fraction of sp³-hybridized carbons (Fsp3) is 0.308. The minimum atomic E-state index is -0.177. The number of halogens is 1. The number of imidazole rings is 1. The van der Waals surface area contributed by atoms with Crippen LogP contribution < -0.4 is 5.32 Å². The summed E-state index contributed by atoms with van der Waals surface area (Å²) in [6.45, 7) is 1.61. The molecule has 2 aromatic rings. The first-order valence-corrected chi connectivity index (χ1v) is 5.67. The van der Waals surface area contributed by atoms with Crippen LogP contribution in [0.3, 0.4) is 0 Å². The molecule has 0 bridgehead atoms. The zero-order valence-electron chi connectivity index (χ0n) is 9.86. The molecule has 0 spiro atoms. The van der Waals surface area contributed by atoms with Crippen molar-refractivity contribution in [3.8, 4) is 0 Å². The fourth-order valence-corrected chi connectivity index (χ4v) is 1.82. The van der Waals surface area contributed by atoms with Crippen molar-refractivity contribution in [2.75, 3.05) is 7.05 Å². The smallest absolute Gasteiger partial charge is 0.123 e. The van der Waals surface area contributed by atoms with Gasteiger partial charge in [-0.2, -0.15) is 0 Å². The number of aromatic nitrogens is 2. The lowest BCUT2D eigenvalue weighted by molar-refractivity contribution is 0.615. The van der Waals surface area contributed by atoms with Crippen LogP contribution in [0.25, 0.3) is 0 Å². The van der Waals surface area contributed by atoms with Gasteiger partial charge >= 0.3 is 0 Å². The summed E-state index contributed by atoms with van der Waals surface area (Å²) in [6, 6.07) is 6.73. The van der Waals surface area contributed by atoms with Gasteiger partial charge in [-0.05, 0) is 31.2 Å². The van der Waals surface area contributed by atoms with Gasteiger partial charge in [0.05, 0.1) is 12.0 Å². The molecule has 90 valence electrons. The van der Waals surface area contributed by atoms with Gasteiger partial charge in [0.1, 0.15) is 5.82 Å². The highest BCUT2D eigenvalue weighted by Gasteiger charge is 2.01. The van der Waals surface area contributed by atoms with E-state index in [0.717, 1.165) is 30.8 Å². The predicted octanol–water partition coefficient (Wildman–Crippen LogP) is 1.98. The quantitative estimate of drug-likeness (QED) is 0.856. The molecule has 0 unspecified atom stereocenters. The molecule has 0 saturated heterocycles. The van der Waals surface area contributed by atoms with Crippen molar-refractivity contribution in [3.05, 3.63) is 53.9 Å². The molecule has 0 fully saturated rings. The van der Waals surface area contributed by atoms with E-state index in [1.807, 2.05) is 25.6 Å². The lowest BCUT2D eigenvalue weighted by Crippen LogP contribution is -2.11. The van der Waals surface area contributed by atoms with Gasteiger partial charge in [-0.1, -0.05) is 12.1 Å². The van der Waals surface area contributed by atoms with Crippen LogP contribution in [0.4, 0.5) is 4.39 Å². The molecule has 17 heavy (non-hydrogen) atoms. The van der Waals surface area contributed by atoms with Gasteiger partial charge in [0, 0.05) is 19.3 Å².